The summed E-state index contributed by atoms with van der Waals surface area (Å²) in [5.41, 5.74) is -0.451. The minimum Gasteiger partial charge on any atom is -0.491 e. The highest BCUT2D eigenvalue weighted by molar-refractivity contribution is 6.32. The molecule has 0 radical (unpaired) electrons. The van der Waals surface area contributed by atoms with Gasteiger partial charge in [0.15, 0.2) is 0 Å². The summed E-state index contributed by atoms with van der Waals surface area (Å²) in [6, 6.07) is 7.51. The summed E-state index contributed by atoms with van der Waals surface area (Å²) in [6.45, 7) is 4.30. The summed E-state index contributed by atoms with van der Waals surface area (Å²) in [5, 5.41) is 5.33. The van der Waals surface area contributed by atoms with Gasteiger partial charge in [0.25, 0.3) is 5.91 Å². The summed E-state index contributed by atoms with van der Waals surface area (Å²) in [7, 11) is 0. The molecule has 0 bridgehead atoms. The van der Waals surface area contributed by atoms with Crippen molar-refractivity contribution in [1.29, 1.82) is 0 Å². The fourth-order valence-corrected chi connectivity index (χ4v) is 2.37. The van der Waals surface area contributed by atoms with Gasteiger partial charge in [0.05, 0.1) is 16.7 Å². The zero-order chi connectivity index (χ0) is 20.0. The van der Waals surface area contributed by atoms with Gasteiger partial charge in [-0.05, 0) is 44.2 Å². The van der Waals surface area contributed by atoms with Crippen LogP contribution in [0.4, 0.5) is 19.0 Å². The predicted molar refractivity (Wildman–Crippen MR) is 97.3 cm³/mol. The van der Waals surface area contributed by atoms with Crippen molar-refractivity contribution in [2.24, 2.45) is 0 Å². The van der Waals surface area contributed by atoms with Gasteiger partial charge in [-0.2, -0.15) is 13.2 Å². The highest BCUT2D eigenvalue weighted by Crippen LogP contribution is 2.32. The lowest BCUT2D eigenvalue weighted by Crippen LogP contribution is -2.29. The number of rotatable bonds is 7. The Labute approximate surface area is 159 Å². The number of nitrogens with zero attached hydrogens (tertiary/aromatic N) is 1. The van der Waals surface area contributed by atoms with E-state index in [1.54, 1.807) is 24.3 Å². The molecule has 2 aromatic rings. The van der Waals surface area contributed by atoms with Gasteiger partial charge in [0.2, 0.25) is 0 Å². The van der Waals surface area contributed by atoms with Crippen LogP contribution in [0.3, 0.4) is 0 Å². The maximum Gasteiger partial charge on any atom is 0.417 e. The minimum absolute atomic E-state index is 0.0429. The van der Waals surface area contributed by atoms with Gasteiger partial charge in [0.1, 0.15) is 11.6 Å². The van der Waals surface area contributed by atoms with E-state index in [1.165, 1.54) is 0 Å². The van der Waals surface area contributed by atoms with Gasteiger partial charge >= 0.3 is 6.18 Å². The van der Waals surface area contributed by atoms with Crippen molar-refractivity contribution in [2.45, 2.75) is 26.1 Å². The first-order chi connectivity index (χ1) is 12.7. The van der Waals surface area contributed by atoms with Gasteiger partial charge in [-0.3, -0.25) is 4.79 Å². The third-order valence-electron chi connectivity index (χ3n) is 3.36. The molecule has 2 N–H and O–H groups in total. The van der Waals surface area contributed by atoms with E-state index in [9.17, 15) is 18.0 Å². The molecule has 5 nitrogen and oxygen atoms in total. The minimum atomic E-state index is -4.50. The fourth-order valence-electron chi connectivity index (χ4n) is 2.14. The van der Waals surface area contributed by atoms with Crippen LogP contribution in [-0.4, -0.2) is 30.1 Å². The smallest absolute Gasteiger partial charge is 0.417 e. The number of nitrogens with one attached hydrogen (secondary N) is 2. The Kier molecular flexibility index (Phi) is 6.90. The van der Waals surface area contributed by atoms with E-state index in [0.717, 1.165) is 6.07 Å². The average Bonchev–Trinajstić information content (AvgIpc) is 2.58. The number of pyridine rings is 1. The Balaban J connectivity index is 1.82. The van der Waals surface area contributed by atoms with Crippen LogP contribution in [0, 0.1) is 0 Å². The second-order valence-electron chi connectivity index (χ2n) is 5.93. The average molecular weight is 402 g/mol. The van der Waals surface area contributed by atoms with Gasteiger partial charge in [-0.15, -0.1) is 0 Å². The number of amides is 1. The summed E-state index contributed by atoms with van der Waals surface area (Å²) in [5.74, 6) is 0.514. The molecule has 0 unspecified atom stereocenters. The van der Waals surface area contributed by atoms with Crippen LogP contribution in [0.25, 0.3) is 0 Å². The SMILES string of the molecule is CC(C)Oc1ccc(C(=O)NCCNc2ncc(C(F)(F)F)cc2Cl)cc1. The second kappa shape index (κ2) is 8.94. The molecule has 0 atom stereocenters. The maximum absolute atomic E-state index is 12.6. The lowest BCUT2D eigenvalue weighted by molar-refractivity contribution is -0.137. The van der Waals surface area contributed by atoms with Crippen LogP contribution in [-0.2, 0) is 6.18 Å². The first-order valence-electron chi connectivity index (χ1n) is 8.18. The summed E-state index contributed by atoms with van der Waals surface area (Å²) < 4.78 is 43.2. The topological polar surface area (TPSA) is 63.2 Å². The highest BCUT2D eigenvalue weighted by Gasteiger charge is 2.31. The molecule has 0 fully saturated rings. The molecule has 9 heteroatoms. The number of alkyl halides is 3. The van der Waals surface area contributed by atoms with E-state index in [-0.39, 0.29) is 35.9 Å². The van der Waals surface area contributed by atoms with Crippen LogP contribution in [0.5, 0.6) is 5.75 Å². The monoisotopic (exact) mass is 401 g/mol. The predicted octanol–water partition coefficient (Wildman–Crippen LogP) is 4.38. The Morgan fingerprint density at radius 2 is 1.89 bits per heavy atom. The van der Waals surface area contributed by atoms with E-state index in [1.807, 2.05) is 13.8 Å². The zero-order valence-electron chi connectivity index (χ0n) is 14.7. The quantitative estimate of drug-likeness (QED) is 0.676. The number of hydrogen-bond acceptors (Lipinski definition) is 4. The van der Waals surface area contributed by atoms with Crippen molar-refractivity contribution in [3.8, 4) is 5.75 Å². The zero-order valence-corrected chi connectivity index (χ0v) is 15.5. The van der Waals surface area contributed by atoms with E-state index in [2.05, 4.69) is 15.6 Å². The Morgan fingerprint density at radius 3 is 2.44 bits per heavy atom. The Morgan fingerprint density at radius 1 is 1.22 bits per heavy atom. The summed E-state index contributed by atoms with van der Waals surface area (Å²) in [6.07, 6.45) is -3.76. The van der Waals surface area contributed by atoms with Crippen molar-refractivity contribution in [1.82, 2.24) is 10.3 Å². The molecule has 1 aromatic carbocycles. The van der Waals surface area contributed by atoms with Crippen molar-refractivity contribution >= 4 is 23.3 Å². The molecule has 2 rings (SSSR count). The molecular weight excluding hydrogens is 383 g/mol. The number of hydrogen-bond donors (Lipinski definition) is 2. The molecule has 1 amide bonds. The van der Waals surface area contributed by atoms with Crippen LogP contribution in [0.2, 0.25) is 5.02 Å². The number of ether oxygens (including phenoxy) is 1. The van der Waals surface area contributed by atoms with E-state index >= 15 is 0 Å². The van der Waals surface area contributed by atoms with E-state index in [4.69, 9.17) is 16.3 Å². The maximum atomic E-state index is 12.6. The molecule has 0 aliphatic carbocycles. The third kappa shape index (κ3) is 6.32. The van der Waals surface area contributed by atoms with E-state index < -0.39 is 11.7 Å². The molecule has 146 valence electrons. The molecule has 0 saturated heterocycles. The van der Waals surface area contributed by atoms with Crippen LogP contribution < -0.4 is 15.4 Å². The molecule has 27 heavy (non-hydrogen) atoms. The van der Waals surface area contributed by atoms with Gasteiger partial charge < -0.3 is 15.4 Å². The van der Waals surface area contributed by atoms with Crippen LogP contribution >= 0.6 is 11.6 Å². The second-order valence-corrected chi connectivity index (χ2v) is 6.33. The van der Waals surface area contributed by atoms with Gasteiger partial charge in [-0.1, -0.05) is 11.6 Å². The number of carbonyl (C=O) groups is 1. The van der Waals surface area contributed by atoms with Crippen LogP contribution in [0.15, 0.2) is 36.5 Å². The standard InChI is InChI=1S/C18H19ClF3N3O2/c1-11(2)27-14-5-3-12(4-6-14)17(26)24-8-7-23-16-15(19)9-13(10-25-16)18(20,21)22/h3-6,9-11H,7-8H2,1-2H3,(H,23,25)(H,24,26). The van der Waals surface area contributed by atoms with Crippen LogP contribution in [0.1, 0.15) is 29.8 Å². The normalized spacial score (nSPS) is 11.4. The molecule has 1 aromatic heterocycles. The molecule has 0 spiro atoms. The van der Waals surface area contributed by atoms with E-state index in [0.29, 0.717) is 17.5 Å². The molecule has 0 aliphatic rings. The van der Waals surface area contributed by atoms with Crippen molar-refractivity contribution < 1.29 is 22.7 Å². The highest BCUT2D eigenvalue weighted by atomic mass is 35.5. The van der Waals surface area contributed by atoms with Crippen molar-refractivity contribution in [2.75, 3.05) is 18.4 Å². The van der Waals surface area contributed by atoms with Gasteiger partial charge in [0, 0.05) is 24.8 Å². The molecular formula is C18H19ClF3N3O2. The number of carbonyl (C=O) groups excluding carboxylic acids is 1. The molecule has 1 heterocycles. The Bertz CT molecular complexity index is 780. The largest absolute Gasteiger partial charge is 0.491 e. The lowest BCUT2D eigenvalue weighted by Gasteiger charge is -2.12. The first kappa shape index (κ1) is 20.8. The summed E-state index contributed by atoms with van der Waals surface area (Å²) in [4.78, 5) is 15.7. The summed E-state index contributed by atoms with van der Waals surface area (Å²) >= 11 is 5.80. The Hall–Kier alpha value is -2.48. The van der Waals surface area contributed by atoms with Gasteiger partial charge in [-0.25, -0.2) is 4.98 Å². The first-order valence-corrected chi connectivity index (χ1v) is 8.56. The molecule has 0 aliphatic heterocycles. The number of anilines is 1. The number of aromatic nitrogens is 1. The lowest BCUT2D eigenvalue weighted by atomic mass is 10.2. The number of halogens is 4. The van der Waals surface area contributed by atoms with Crippen molar-refractivity contribution in [3.05, 3.63) is 52.7 Å². The fraction of sp³-hybridized carbons (Fsp3) is 0.333. The molecule has 0 saturated carbocycles. The third-order valence-corrected chi connectivity index (χ3v) is 3.65. The number of benzene rings is 1. The van der Waals surface area contributed by atoms with Crippen molar-refractivity contribution in [3.63, 3.8) is 0 Å².